The van der Waals surface area contributed by atoms with E-state index in [0.717, 1.165) is 7.11 Å². The second kappa shape index (κ2) is 8.69. The number of benzene rings is 1. The highest BCUT2D eigenvalue weighted by Crippen LogP contribution is 2.27. The molecule has 0 saturated carbocycles. The Kier molecular flexibility index (Phi) is 6.59. The number of carbonyl (C=O) groups excluding carboxylic acids is 3. The number of aliphatic hydroxyl groups is 2. The van der Waals surface area contributed by atoms with E-state index in [0.29, 0.717) is 5.56 Å². The number of hydrogen-bond acceptors (Lipinski definition) is 10. The normalized spacial score (nSPS) is 22.7. The number of hydrogen-bond donors (Lipinski definition) is 3. The first-order valence-corrected chi connectivity index (χ1v) is 7.98. The lowest BCUT2D eigenvalue weighted by atomic mass is 10.1. The van der Waals surface area contributed by atoms with Crippen molar-refractivity contribution in [3.8, 4) is 11.5 Å². The van der Waals surface area contributed by atoms with Gasteiger partial charge in [0.15, 0.2) is 35.9 Å². The predicted molar refractivity (Wildman–Crippen MR) is 86.8 cm³/mol. The number of methoxy groups -OCH3 is 2. The Labute approximate surface area is 154 Å². The minimum Gasteiger partial charge on any atom is -0.504 e. The topological polar surface area (TPSA) is 149 Å². The number of aliphatic hydroxyl groups excluding tert-OH is 2. The number of phenolic OH excluding ortho intramolecular Hbond substituents is 1. The van der Waals surface area contributed by atoms with E-state index in [1.54, 1.807) is 12.1 Å². The van der Waals surface area contributed by atoms with Crippen molar-refractivity contribution in [2.45, 2.75) is 37.3 Å². The van der Waals surface area contributed by atoms with Crippen LogP contribution < -0.4 is 4.74 Å². The molecular formula is C17H20O10. The number of aromatic hydroxyl groups is 1. The molecule has 1 heterocycles. The molecule has 1 aromatic carbocycles. The average molecular weight is 384 g/mol. The fourth-order valence-electron chi connectivity index (χ4n) is 2.55. The van der Waals surface area contributed by atoms with E-state index < -0.39 is 42.3 Å². The summed E-state index contributed by atoms with van der Waals surface area (Å²) in [5, 5.41) is 29.2. The van der Waals surface area contributed by atoms with Crippen LogP contribution in [0, 0.1) is 0 Å². The lowest BCUT2D eigenvalue weighted by molar-refractivity contribution is -0.171. The summed E-state index contributed by atoms with van der Waals surface area (Å²) < 4.78 is 19.1. The number of cyclic esters (lactones) is 1. The van der Waals surface area contributed by atoms with Crippen molar-refractivity contribution in [3.05, 3.63) is 23.8 Å². The van der Waals surface area contributed by atoms with Crippen molar-refractivity contribution in [2.75, 3.05) is 14.2 Å². The van der Waals surface area contributed by atoms with Crippen LogP contribution in [0.1, 0.15) is 12.0 Å². The first kappa shape index (κ1) is 20.5. The molecule has 0 aromatic heterocycles. The smallest absolute Gasteiger partial charge is 0.339 e. The highest BCUT2D eigenvalue weighted by molar-refractivity contribution is 5.82. The van der Waals surface area contributed by atoms with Gasteiger partial charge in [-0.3, -0.25) is 4.79 Å². The summed E-state index contributed by atoms with van der Waals surface area (Å²) in [5.41, 5.74) is 0.673. The molecule has 1 aliphatic rings. The molecule has 0 radical (unpaired) electrons. The molecule has 10 heteroatoms. The molecule has 0 bridgehead atoms. The van der Waals surface area contributed by atoms with Crippen LogP contribution in [0.5, 0.6) is 11.5 Å². The first-order valence-electron chi connectivity index (χ1n) is 7.98. The molecule has 1 saturated heterocycles. The number of carbonyl (C=O) groups is 3. The Morgan fingerprint density at radius 2 is 2.00 bits per heavy atom. The zero-order valence-corrected chi connectivity index (χ0v) is 14.7. The highest BCUT2D eigenvalue weighted by atomic mass is 16.6. The maximum Gasteiger partial charge on any atom is 0.339 e. The van der Waals surface area contributed by atoms with Gasteiger partial charge in [0.1, 0.15) is 0 Å². The van der Waals surface area contributed by atoms with Crippen LogP contribution in [0.15, 0.2) is 18.2 Å². The molecule has 0 aliphatic carbocycles. The number of ether oxygens (including phenoxy) is 4. The molecule has 148 valence electrons. The van der Waals surface area contributed by atoms with Crippen LogP contribution in [0.25, 0.3) is 0 Å². The van der Waals surface area contributed by atoms with Gasteiger partial charge in [-0.2, -0.15) is 0 Å². The van der Waals surface area contributed by atoms with Crippen LogP contribution in [0.3, 0.4) is 0 Å². The maximum absolute atomic E-state index is 12.1. The summed E-state index contributed by atoms with van der Waals surface area (Å²) in [6.07, 6.45) is -6.77. The van der Waals surface area contributed by atoms with Crippen LogP contribution >= 0.6 is 0 Å². The van der Waals surface area contributed by atoms with Gasteiger partial charge < -0.3 is 34.3 Å². The quantitative estimate of drug-likeness (QED) is 0.397. The van der Waals surface area contributed by atoms with Gasteiger partial charge in [0.2, 0.25) is 0 Å². The van der Waals surface area contributed by atoms with Gasteiger partial charge in [0, 0.05) is 6.42 Å². The summed E-state index contributed by atoms with van der Waals surface area (Å²) >= 11 is 0. The van der Waals surface area contributed by atoms with E-state index in [1.807, 2.05) is 0 Å². The van der Waals surface area contributed by atoms with E-state index in [2.05, 4.69) is 4.74 Å². The summed E-state index contributed by atoms with van der Waals surface area (Å²) in [5.74, 6) is -2.81. The number of esters is 3. The number of aryl methyl sites for hydroxylation is 1. The zero-order chi connectivity index (χ0) is 20.1. The molecule has 2 rings (SSSR count). The largest absolute Gasteiger partial charge is 0.504 e. The van der Waals surface area contributed by atoms with Crippen molar-refractivity contribution >= 4 is 17.9 Å². The minimum atomic E-state index is -1.91. The first-order chi connectivity index (χ1) is 12.8. The fraction of sp³-hybridized carbons (Fsp3) is 0.471. The van der Waals surface area contributed by atoms with Gasteiger partial charge >= 0.3 is 17.9 Å². The monoisotopic (exact) mass is 384 g/mol. The van der Waals surface area contributed by atoms with Crippen molar-refractivity contribution in [3.63, 3.8) is 0 Å². The Hall–Kier alpha value is -2.85. The third-order valence-corrected chi connectivity index (χ3v) is 4.01. The van der Waals surface area contributed by atoms with Crippen LogP contribution in [0.4, 0.5) is 0 Å². The molecule has 4 atom stereocenters. The second-order valence-corrected chi connectivity index (χ2v) is 5.78. The Morgan fingerprint density at radius 1 is 1.30 bits per heavy atom. The van der Waals surface area contributed by atoms with Gasteiger partial charge in [-0.1, -0.05) is 6.07 Å². The van der Waals surface area contributed by atoms with Gasteiger partial charge in [-0.25, -0.2) is 9.59 Å². The van der Waals surface area contributed by atoms with Crippen LogP contribution in [-0.2, 0) is 35.0 Å². The average Bonchev–Trinajstić information content (AvgIpc) is 2.94. The van der Waals surface area contributed by atoms with Crippen LogP contribution in [0.2, 0.25) is 0 Å². The number of phenols is 1. The third-order valence-electron chi connectivity index (χ3n) is 4.01. The zero-order valence-electron chi connectivity index (χ0n) is 14.7. The van der Waals surface area contributed by atoms with Crippen molar-refractivity contribution in [1.82, 2.24) is 0 Å². The summed E-state index contributed by atoms with van der Waals surface area (Å²) in [6.45, 7) is 0. The molecule has 27 heavy (non-hydrogen) atoms. The summed E-state index contributed by atoms with van der Waals surface area (Å²) in [6, 6.07) is 4.55. The highest BCUT2D eigenvalue weighted by Gasteiger charge is 2.51. The van der Waals surface area contributed by atoms with E-state index in [-0.39, 0.29) is 24.3 Å². The van der Waals surface area contributed by atoms with Crippen molar-refractivity contribution < 1.29 is 48.7 Å². The third kappa shape index (κ3) is 4.66. The predicted octanol–water partition coefficient (Wildman–Crippen LogP) is -0.935. The summed E-state index contributed by atoms with van der Waals surface area (Å²) in [7, 11) is 2.41. The Balaban J connectivity index is 2.00. The van der Waals surface area contributed by atoms with Crippen molar-refractivity contribution in [1.29, 1.82) is 0 Å². The molecule has 0 spiro atoms. The van der Waals surface area contributed by atoms with Gasteiger partial charge in [0.05, 0.1) is 14.2 Å². The standard InChI is InChI=1S/C17H20O10/c1-24-10-7-8(3-5-9(10)18)4-6-11(19)26-14-13(21)17(23)27-15(14)12(20)16(22)25-2/h3,5,7,12-15,18,20-21H,4,6H2,1-2H3. The molecule has 0 amide bonds. The van der Waals surface area contributed by atoms with Gasteiger partial charge in [0.25, 0.3) is 0 Å². The molecule has 10 nitrogen and oxygen atoms in total. The summed E-state index contributed by atoms with van der Waals surface area (Å²) in [4.78, 5) is 35.0. The number of rotatable bonds is 7. The second-order valence-electron chi connectivity index (χ2n) is 5.78. The van der Waals surface area contributed by atoms with E-state index in [4.69, 9.17) is 14.2 Å². The molecular weight excluding hydrogens is 364 g/mol. The molecule has 4 unspecified atom stereocenters. The molecule has 1 aliphatic heterocycles. The maximum atomic E-state index is 12.1. The SMILES string of the molecule is COC(=O)C(O)C1OC(=O)C(O)C1OC(=O)CCc1ccc(O)c(OC)c1. The Bertz CT molecular complexity index is 716. The Morgan fingerprint density at radius 3 is 2.63 bits per heavy atom. The van der Waals surface area contributed by atoms with E-state index >= 15 is 0 Å². The minimum absolute atomic E-state index is 0.0480. The molecule has 1 fully saturated rings. The van der Waals surface area contributed by atoms with Gasteiger partial charge in [-0.15, -0.1) is 0 Å². The molecule has 1 aromatic rings. The molecule has 3 N–H and O–H groups in total. The lowest BCUT2D eigenvalue weighted by Crippen LogP contribution is -2.45. The lowest BCUT2D eigenvalue weighted by Gasteiger charge is -2.22. The van der Waals surface area contributed by atoms with E-state index in [9.17, 15) is 29.7 Å². The van der Waals surface area contributed by atoms with Crippen molar-refractivity contribution in [2.24, 2.45) is 0 Å². The fourth-order valence-corrected chi connectivity index (χ4v) is 2.55. The van der Waals surface area contributed by atoms with Crippen LogP contribution in [-0.4, -0.2) is 71.9 Å². The van der Waals surface area contributed by atoms with Gasteiger partial charge in [-0.05, 0) is 24.1 Å². The van der Waals surface area contributed by atoms with E-state index in [1.165, 1.54) is 13.2 Å².